The minimum absolute atomic E-state index is 0.135. The van der Waals surface area contributed by atoms with Crippen LogP contribution in [0, 0.1) is 0 Å². The zero-order valence-electron chi connectivity index (χ0n) is 9.00. The molecule has 0 aliphatic carbocycles. The number of hydrogen-bond donors (Lipinski definition) is 1. The van der Waals surface area contributed by atoms with Crippen LogP contribution < -0.4 is 0 Å². The molecule has 0 aliphatic rings. The van der Waals surface area contributed by atoms with Crippen molar-refractivity contribution in [3.05, 3.63) is 0 Å². The highest BCUT2D eigenvalue weighted by molar-refractivity contribution is 5.89. The van der Waals surface area contributed by atoms with Gasteiger partial charge in [0.1, 0.15) is 0 Å². The molecule has 0 aromatic carbocycles. The first kappa shape index (κ1) is 13.1. The molecule has 0 amide bonds. The van der Waals surface area contributed by atoms with Crippen LogP contribution in [-0.2, 0) is 14.3 Å². The largest absolute Gasteiger partial charge is 0.391 e. The van der Waals surface area contributed by atoms with Crippen LogP contribution in [0.25, 0.3) is 0 Å². The molecule has 0 saturated carbocycles. The van der Waals surface area contributed by atoms with Gasteiger partial charge in [0.15, 0.2) is 5.60 Å². The lowest BCUT2D eigenvalue weighted by molar-refractivity contribution is -0.173. The first-order valence-corrected chi connectivity index (χ1v) is 4.91. The van der Waals surface area contributed by atoms with Crippen LogP contribution >= 0.6 is 0 Å². The van der Waals surface area contributed by atoms with Crippen LogP contribution in [0.5, 0.6) is 0 Å². The zero-order chi connectivity index (χ0) is 11.2. The van der Waals surface area contributed by atoms with Crippen LogP contribution in [-0.4, -0.2) is 22.6 Å². The van der Waals surface area contributed by atoms with E-state index in [4.69, 9.17) is 0 Å². The fourth-order valence-electron chi connectivity index (χ4n) is 0.909. The number of rotatable bonds is 5. The number of carbonyl (C=O) groups excluding carboxylic acids is 2. The Labute approximate surface area is 84.3 Å². The summed E-state index contributed by atoms with van der Waals surface area (Å²) in [7, 11) is 0. The summed E-state index contributed by atoms with van der Waals surface area (Å²) < 4.78 is 4.43. The lowest BCUT2D eigenvalue weighted by Crippen LogP contribution is -2.37. The summed E-state index contributed by atoms with van der Waals surface area (Å²) in [6, 6.07) is 0. The Morgan fingerprint density at radius 2 is 1.93 bits per heavy atom. The van der Waals surface area contributed by atoms with Crippen molar-refractivity contribution in [2.75, 3.05) is 0 Å². The lowest BCUT2D eigenvalue weighted by Gasteiger charge is -2.19. The van der Waals surface area contributed by atoms with Gasteiger partial charge in [0.2, 0.25) is 0 Å². The molecular weight excluding hydrogens is 184 g/mol. The smallest absolute Gasteiger partial charge is 0.345 e. The van der Waals surface area contributed by atoms with E-state index in [1.807, 2.05) is 6.92 Å². The average Bonchev–Trinajstić information content (AvgIpc) is 2.14. The molecule has 0 fully saturated rings. The predicted molar refractivity (Wildman–Crippen MR) is 51.5 cm³/mol. The molecule has 0 saturated heterocycles. The summed E-state index contributed by atoms with van der Waals surface area (Å²) in [4.78, 5) is 22.0. The van der Waals surface area contributed by atoms with Crippen molar-refractivity contribution >= 4 is 11.9 Å². The van der Waals surface area contributed by atoms with Gasteiger partial charge in [-0.3, -0.25) is 4.79 Å². The fourth-order valence-corrected chi connectivity index (χ4v) is 0.909. The van der Waals surface area contributed by atoms with Gasteiger partial charge in [0.25, 0.3) is 0 Å². The third-order valence-corrected chi connectivity index (χ3v) is 1.95. The number of carbonyl (C=O) groups is 2. The summed E-state index contributed by atoms with van der Waals surface area (Å²) in [6.45, 7) is 4.92. The predicted octanol–water partition coefficient (Wildman–Crippen LogP) is 1.41. The highest BCUT2D eigenvalue weighted by Gasteiger charge is 2.32. The zero-order valence-corrected chi connectivity index (χ0v) is 9.00. The molecule has 1 N–H and O–H groups in total. The molecule has 0 heterocycles. The van der Waals surface area contributed by atoms with Crippen molar-refractivity contribution in [3.63, 3.8) is 0 Å². The van der Waals surface area contributed by atoms with Crippen molar-refractivity contribution in [3.8, 4) is 0 Å². The molecule has 4 heteroatoms. The van der Waals surface area contributed by atoms with Crippen molar-refractivity contribution in [2.24, 2.45) is 0 Å². The normalized spacial score (nSPS) is 14.6. The van der Waals surface area contributed by atoms with E-state index in [0.29, 0.717) is 6.42 Å². The molecule has 82 valence electrons. The second kappa shape index (κ2) is 5.75. The highest BCUT2D eigenvalue weighted by Crippen LogP contribution is 2.15. The summed E-state index contributed by atoms with van der Waals surface area (Å²) in [5.41, 5.74) is -1.54. The first-order valence-electron chi connectivity index (χ1n) is 4.91. The number of aliphatic hydroxyl groups is 1. The quantitative estimate of drug-likeness (QED) is 0.540. The van der Waals surface area contributed by atoms with Gasteiger partial charge < -0.3 is 9.84 Å². The van der Waals surface area contributed by atoms with Crippen molar-refractivity contribution in [1.29, 1.82) is 0 Å². The van der Waals surface area contributed by atoms with Crippen LogP contribution in [0.4, 0.5) is 0 Å². The SMILES string of the molecule is CCCCC(C)(O)C(=O)OC(=O)CC. The van der Waals surface area contributed by atoms with E-state index >= 15 is 0 Å². The Morgan fingerprint density at radius 3 is 2.36 bits per heavy atom. The number of ether oxygens (including phenoxy) is 1. The number of esters is 2. The van der Waals surface area contributed by atoms with Gasteiger partial charge >= 0.3 is 11.9 Å². The van der Waals surface area contributed by atoms with Crippen LogP contribution in [0.15, 0.2) is 0 Å². The van der Waals surface area contributed by atoms with E-state index in [1.54, 1.807) is 6.92 Å². The Bertz CT molecular complexity index is 208. The van der Waals surface area contributed by atoms with E-state index in [2.05, 4.69) is 4.74 Å². The Balaban J connectivity index is 4.13. The molecule has 0 aromatic heterocycles. The van der Waals surface area contributed by atoms with E-state index < -0.39 is 17.5 Å². The van der Waals surface area contributed by atoms with Gasteiger partial charge in [-0.05, 0) is 13.3 Å². The van der Waals surface area contributed by atoms with Crippen LogP contribution in [0.2, 0.25) is 0 Å². The molecule has 1 unspecified atom stereocenters. The molecule has 0 radical (unpaired) electrons. The molecule has 1 atom stereocenters. The van der Waals surface area contributed by atoms with Crippen molar-refractivity contribution in [1.82, 2.24) is 0 Å². The summed E-state index contributed by atoms with van der Waals surface area (Å²) in [6.07, 6.45) is 2.06. The molecule has 0 aliphatic heterocycles. The minimum Gasteiger partial charge on any atom is -0.391 e. The molecular formula is C10H18O4. The molecule has 0 aromatic rings. The second-order valence-corrected chi connectivity index (χ2v) is 3.49. The van der Waals surface area contributed by atoms with Crippen LogP contribution in [0.1, 0.15) is 46.5 Å². The molecule has 0 bridgehead atoms. The van der Waals surface area contributed by atoms with E-state index in [0.717, 1.165) is 12.8 Å². The van der Waals surface area contributed by atoms with Gasteiger partial charge in [-0.15, -0.1) is 0 Å². The lowest BCUT2D eigenvalue weighted by atomic mass is 10.00. The molecule has 0 rings (SSSR count). The molecule has 0 spiro atoms. The summed E-state index contributed by atoms with van der Waals surface area (Å²) in [5, 5.41) is 9.63. The standard InChI is InChI=1S/C10H18O4/c1-4-6-7-10(3,13)9(12)14-8(11)5-2/h13H,4-7H2,1-3H3. The summed E-state index contributed by atoms with van der Waals surface area (Å²) >= 11 is 0. The van der Waals surface area contributed by atoms with Gasteiger partial charge in [-0.2, -0.15) is 0 Å². The van der Waals surface area contributed by atoms with Crippen LogP contribution in [0.3, 0.4) is 0 Å². The molecule has 14 heavy (non-hydrogen) atoms. The third kappa shape index (κ3) is 4.37. The minimum atomic E-state index is -1.54. The van der Waals surface area contributed by atoms with Gasteiger partial charge in [-0.1, -0.05) is 26.7 Å². The maximum atomic E-state index is 11.2. The summed E-state index contributed by atoms with van der Waals surface area (Å²) in [5.74, 6) is -1.45. The molecule has 4 nitrogen and oxygen atoms in total. The topological polar surface area (TPSA) is 63.6 Å². The average molecular weight is 202 g/mol. The van der Waals surface area contributed by atoms with Gasteiger partial charge in [0.05, 0.1) is 0 Å². The fraction of sp³-hybridized carbons (Fsp3) is 0.800. The second-order valence-electron chi connectivity index (χ2n) is 3.49. The Kier molecular flexibility index (Phi) is 5.38. The number of hydrogen-bond acceptors (Lipinski definition) is 4. The maximum Gasteiger partial charge on any atom is 0.345 e. The Morgan fingerprint density at radius 1 is 1.36 bits per heavy atom. The third-order valence-electron chi connectivity index (χ3n) is 1.95. The maximum absolute atomic E-state index is 11.2. The first-order chi connectivity index (χ1) is 6.44. The van der Waals surface area contributed by atoms with Crippen molar-refractivity contribution < 1.29 is 19.4 Å². The van der Waals surface area contributed by atoms with Gasteiger partial charge in [0, 0.05) is 6.42 Å². The monoisotopic (exact) mass is 202 g/mol. The number of unbranched alkanes of at least 4 members (excludes halogenated alkanes) is 1. The van der Waals surface area contributed by atoms with Crippen molar-refractivity contribution in [2.45, 2.75) is 52.1 Å². The van der Waals surface area contributed by atoms with Gasteiger partial charge in [-0.25, -0.2) is 4.79 Å². The van der Waals surface area contributed by atoms with E-state index in [-0.39, 0.29) is 6.42 Å². The Hall–Kier alpha value is -0.900. The van der Waals surface area contributed by atoms with E-state index in [9.17, 15) is 14.7 Å². The highest BCUT2D eigenvalue weighted by atomic mass is 16.6. The van der Waals surface area contributed by atoms with E-state index in [1.165, 1.54) is 6.92 Å².